The maximum Gasteiger partial charge on any atom is 0.335 e. The van der Waals surface area contributed by atoms with Crippen LogP contribution in [0.1, 0.15) is 21.5 Å². The number of methoxy groups -OCH3 is 1. The molecule has 2 amide bonds. The van der Waals surface area contributed by atoms with Crippen LogP contribution < -0.4 is 9.47 Å². The van der Waals surface area contributed by atoms with E-state index in [9.17, 15) is 14.4 Å². The summed E-state index contributed by atoms with van der Waals surface area (Å²) >= 11 is 7.23. The van der Waals surface area contributed by atoms with E-state index in [4.69, 9.17) is 26.2 Å². The molecule has 1 aliphatic heterocycles. The Labute approximate surface area is 187 Å². The molecule has 7 nitrogen and oxygen atoms in total. The molecule has 31 heavy (non-hydrogen) atoms. The lowest BCUT2D eigenvalue weighted by Gasteiger charge is -2.14. The molecular formula is C22H18ClNO6S. The number of nitrogens with zero attached hydrogens (tertiary/aromatic N) is 1. The average molecular weight is 460 g/mol. The van der Waals surface area contributed by atoms with Gasteiger partial charge in [0, 0.05) is 6.54 Å². The fourth-order valence-corrected chi connectivity index (χ4v) is 3.92. The molecule has 0 spiro atoms. The second kappa shape index (κ2) is 9.72. The van der Waals surface area contributed by atoms with Crippen molar-refractivity contribution in [3.63, 3.8) is 0 Å². The molecule has 1 N–H and O–H groups in total. The minimum Gasteiger partial charge on any atom is -0.493 e. The molecule has 0 saturated carbocycles. The molecule has 1 heterocycles. The van der Waals surface area contributed by atoms with Crippen molar-refractivity contribution >= 4 is 46.6 Å². The molecular weight excluding hydrogens is 442 g/mol. The van der Waals surface area contributed by atoms with Gasteiger partial charge in [0.05, 0.1) is 22.6 Å². The summed E-state index contributed by atoms with van der Waals surface area (Å²) in [5.41, 5.74) is 1.51. The number of rotatable bonds is 8. The van der Waals surface area contributed by atoms with Crippen LogP contribution in [-0.2, 0) is 11.4 Å². The smallest absolute Gasteiger partial charge is 0.335 e. The third-order valence-corrected chi connectivity index (χ3v) is 5.51. The number of carboxylic acids is 1. The molecule has 1 aliphatic rings. The highest BCUT2D eigenvalue weighted by Crippen LogP contribution is 2.39. The summed E-state index contributed by atoms with van der Waals surface area (Å²) in [6, 6.07) is 9.53. The van der Waals surface area contributed by atoms with Gasteiger partial charge in [0.1, 0.15) is 6.61 Å². The van der Waals surface area contributed by atoms with Crippen LogP contribution in [0, 0.1) is 0 Å². The molecule has 0 atom stereocenters. The summed E-state index contributed by atoms with van der Waals surface area (Å²) in [5, 5.41) is 8.87. The first kappa shape index (κ1) is 22.5. The van der Waals surface area contributed by atoms with Gasteiger partial charge in [-0.05, 0) is 53.2 Å². The van der Waals surface area contributed by atoms with Crippen molar-refractivity contribution in [2.45, 2.75) is 6.61 Å². The third kappa shape index (κ3) is 5.10. The van der Waals surface area contributed by atoms with E-state index >= 15 is 0 Å². The van der Waals surface area contributed by atoms with Crippen molar-refractivity contribution in [1.29, 1.82) is 0 Å². The lowest BCUT2D eigenvalue weighted by atomic mass is 10.1. The Kier molecular flexibility index (Phi) is 7.04. The van der Waals surface area contributed by atoms with Gasteiger partial charge in [-0.2, -0.15) is 0 Å². The Morgan fingerprint density at radius 3 is 2.58 bits per heavy atom. The fraction of sp³-hybridized carbons (Fsp3) is 0.136. The predicted molar refractivity (Wildman–Crippen MR) is 119 cm³/mol. The van der Waals surface area contributed by atoms with Crippen LogP contribution in [0.3, 0.4) is 0 Å². The Morgan fingerprint density at radius 1 is 1.26 bits per heavy atom. The first-order valence-electron chi connectivity index (χ1n) is 9.03. The van der Waals surface area contributed by atoms with E-state index in [1.165, 1.54) is 25.3 Å². The first-order valence-corrected chi connectivity index (χ1v) is 10.2. The summed E-state index contributed by atoms with van der Waals surface area (Å²) in [7, 11) is 1.46. The van der Waals surface area contributed by atoms with Crippen molar-refractivity contribution in [2.24, 2.45) is 0 Å². The van der Waals surface area contributed by atoms with Gasteiger partial charge in [-0.15, -0.1) is 6.58 Å². The van der Waals surface area contributed by atoms with Gasteiger partial charge in [0.2, 0.25) is 0 Å². The number of hydrogen-bond acceptors (Lipinski definition) is 6. The predicted octanol–water partition coefficient (Wildman–Crippen LogP) is 4.85. The molecule has 2 aromatic carbocycles. The number of amides is 2. The van der Waals surface area contributed by atoms with Gasteiger partial charge in [-0.25, -0.2) is 4.79 Å². The lowest BCUT2D eigenvalue weighted by Crippen LogP contribution is -2.27. The second-order valence-electron chi connectivity index (χ2n) is 6.41. The van der Waals surface area contributed by atoms with Crippen LogP contribution in [0.5, 0.6) is 11.5 Å². The Hall–Kier alpha value is -3.23. The molecule has 0 radical (unpaired) electrons. The zero-order valence-electron chi connectivity index (χ0n) is 16.5. The molecule has 2 aromatic rings. The standard InChI is InChI=1S/C22H18ClNO6S/c1-3-8-24-20(25)18(31-22(24)28)11-14-9-16(23)19(17(10-14)29-2)30-12-13-4-6-15(7-5-13)21(26)27/h3-7,9-11H,1,8,12H2,2H3,(H,26,27)/b18-11+. The molecule has 0 bridgehead atoms. The van der Waals surface area contributed by atoms with Crippen LogP contribution in [0.25, 0.3) is 6.08 Å². The minimum absolute atomic E-state index is 0.145. The van der Waals surface area contributed by atoms with Crippen molar-refractivity contribution < 1.29 is 29.0 Å². The quantitative estimate of drug-likeness (QED) is 0.445. The first-order chi connectivity index (χ1) is 14.8. The van der Waals surface area contributed by atoms with Crippen molar-refractivity contribution in [1.82, 2.24) is 4.90 Å². The highest BCUT2D eigenvalue weighted by molar-refractivity contribution is 8.18. The molecule has 3 rings (SSSR count). The number of hydrogen-bond donors (Lipinski definition) is 1. The lowest BCUT2D eigenvalue weighted by molar-refractivity contribution is -0.122. The van der Waals surface area contributed by atoms with E-state index in [0.29, 0.717) is 17.1 Å². The van der Waals surface area contributed by atoms with Crippen LogP contribution in [0.15, 0.2) is 54.0 Å². The van der Waals surface area contributed by atoms with Gasteiger partial charge in [0.15, 0.2) is 11.5 Å². The zero-order valence-corrected chi connectivity index (χ0v) is 18.0. The van der Waals surface area contributed by atoms with E-state index in [0.717, 1.165) is 22.2 Å². The zero-order chi connectivity index (χ0) is 22.5. The Bertz CT molecular complexity index is 1080. The largest absolute Gasteiger partial charge is 0.493 e. The highest BCUT2D eigenvalue weighted by Gasteiger charge is 2.34. The SMILES string of the molecule is C=CCN1C(=O)S/C(=C/c2cc(Cl)c(OCc3ccc(C(=O)O)cc3)c(OC)c2)C1=O. The highest BCUT2D eigenvalue weighted by atomic mass is 35.5. The maximum atomic E-state index is 12.4. The number of aromatic carboxylic acids is 1. The molecule has 160 valence electrons. The van der Waals surface area contributed by atoms with E-state index < -0.39 is 11.9 Å². The monoisotopic (exact) mass is 459 g/mol. The number of halogens is 1. The molecule has 1 fully saturated rings. The van der Waals surface area contributed by atoms with Crippen molar-refractivity contribution in [3.8, 4) is 11.5 Å². The average Bonchev–Trinajstić information content (AvgIpc) is 3.00. The summed E-state index contributed by atoms with van der Waals surface area (Å²) < 4.78 is 11.2. The van der Waals surface area contributed by atoms with Crippen LogP contribution in [-0.4, -0.2) is 40.8 Å². The van der Waals surface area contributed by atoms with Gasteiger partial charge >= 0.3 is 5.97 Å². The molecule has 9 heteroatoms. The summed E-state index contributed by atoms with van der Waals surface area (Å²) in [5.74, 6) is -0.736. The minimum atomic E-state index is -1.00. The Morgan fingerprint density at radius 2 is 1.97 bits per heavy atom. The van der Waals surface area contributed by atoms with Gasteiger partial charge < -0.3 is 14.6 Å². The Balaban J connectivity index is 1.80. The maximum absolute atomic E-state index is 12.4. The van der Waals surface area contributed by atoms with Crippen molar-refractivity contribution in [3.05, 3.63) is 75.7 Å². The number of thioether (sulfide) groups is 1. The van der Waals surface area contributed by atoms with Crippen LogP contribution >= 0.6 is 23.4 Å². The number of benzene rings is 2. The van der Waals surface area contributed by atoms with E-state index in [2.05, 4.69) is 6.58 Å². The number of carbonyl (C=O) groups is 3. The van der Waals surface area contributed by atoms with E-state index in [-0.39, 0.29) is 33.9 Å². The number of ether oxygens (including phenoxy) is 2. The summed E-state index contributed by atoms with van der Waals surface area (Å²) in [6.45, 7) is 3.84. The molecule has 0 aliphatic carbocycles. The normalized spacial score (nSPS) is 14.8. The second-order valence-corrected chi connectivity index (χ2v) is 7.81. The van der Waals surface area contributed by atoms with E-state index in [1.54, 1.807) is 30.3 Å². The van der Waals surface area contributed by atoms with Gasteiger partial charge in [0.25, 0.3) is 11.1 Å². The van der Waals surface area contributed by atoms with Gasteiger partial charge in [-0.1, -0.05) is 29.8 Å². The third-order valence-electron chi connectivity index (χ3n) is 4.32. The van der Waals surface area contributed by atoms with Crippen LogP contribution in [0.2, 0.25) is 5.02 Å². The summed E-state index contributed by atoms with van der Waals surface area (Å²) in [4.78, 5) is 36.7. The number of carbonyl (C=O) groups excluding carboxylic acids is 2. The fourth-order valence-electron chi connectivity index (χ4n) is 2.80. The number of imide groups is 1. The van der Waals surface area contributed by atoms with Crippen molar-refractivity contribution in [2.75, 3.05) is 13.7 Å². The molecule has 0 aromatic heterocycles. The van der Waals surface area contributed by atoms with Crippen LogP contribution in [0.4, 0.5) is 4.79 Å². The topological polar surface area (TPSA) is 93.1 Å². The summed E-state index contributed by atoms with van der Waals surface area (Å²) in [6.07, 6.45) is 3.05. The number of carboxylic acid groups (broad SMARTS) is 1. The molecule has 0 unspecified atom stereocenters. The van der Waals surface area contributed by atoms with E-state index in [1.807, 2.05) is 0 Å². The molecule has 1 saturated heterocycles. The van der Waals surface area contributed by atoms with Gasteiger partial charge in [-0.3, -0.25) is 14.5 Å².